The fourth-order valence-electron chi connectivity index (χ4n) is 2.14. The topological polar surface area (TPSA) is 72.4 Å². The first kappa shape index (κ1) is 14.2. The molecule has 1 aliphatic rings. The van der Waals surface area contributed by atoms with Crippen molar-refractivity contribution in [3.63, 3.8) is 0 Å². The summed E-state index contributed by atoms with van der Waals surface area (Å²) in [6, 6.07) is 2.02. The summed E-state index contributed by atoms with van der Waals surface area (Å²) in [5.41, 5.74) is 0. The molecular weight excluding hydrogens is 266 g/mol. The summed E-state index contributed by atoms with van der Waals surface area (Å²) in [7, 11) is -3.15. The standard InChI is InChI=1S/C12H19N3O3S/c1-2-9-19(16,17)15-8-3-5-11(10-15)18-12-13-6-4-7-14-12/h4,6-7,11H,2-3,5,8-10H2,1H3. The highest BCUT2D eigenvalue weighted by atomic mass is 32.2. The molecule has 0 N–H and O–H groups in total. The van der Waals surface area contributed by atoms with Crippen LogP contribution >= 0.6 is 0 Å². The average molecular weight is 285 g/mol. The Morgan fingerprint density at radius 3 is 2.84 bits per heavy atom. The van der Waals surface area contributed by atoms with Crippen LogP contribution in [0.3, 0.4) is 0 Å². The number of rotatable bonds is 5. The van der Waals surface area contributed by atoms with Crippen LogP contribution in [0.4, 0.5) is 0 Å². The van der Waals surface area contributed by atoms with Gasteiger partial charge in [-0.25, -0.2) is 18.4 Å². The molecule has 2 heterocycles. The summed E-state index contributed by atoms with van der Waals surface area (Å²) in [6.07, 6.45) is 5.32. The fourth-order valence-corrected chi connectivity index (χ4v) is 3.71. The molecule has 0 spiro atoms. The third-order valence-corrected chi connectivity index (χ3v) is 5.05. The van der Waals surface area contributed by atoms with Crippen molar-refractivity contribution in [1.82, 2.24) is 14.3 Å². The zero-order valence-electron chi connectivity index (χ0n) is 11.0. The van der Waals surface area contributed by atoms with E-state index in [1.165, 1.54) is 4.31 Å². The average Bonchev–Trinajstić information content (AvgIpc) is 2.40. The first-order chi connectivity index (χ1) is 9.12. The van der Waals surface area contributed by atoms with Crippen LogP contribution in [0.5, 0.6) is 6.01 Å². The van der Waals surface area contributed by atoms with Gasteiger partial charge in [0.05, 0.1) is 12.3 Å². The van der Waals surface area contributed by atoms with Gasteiger partial charge in [0, 0.05) is 18.9 Å². The number of ether oxygens (including phenoxy) is 1. The minimum atomic E-state index is -3.15. The smallest absolute Gasteiger partial charge is 0.316 e. The van der Waals surface area contributed by atoms with Crippen molar-refractivity contribution >= 4 is 10.0 Å². The second kappa shape index (κ2) is 6.29. The summed E-state index contributed by atoms with van der Waals surface area (Å²) in [5.74, 6) is 0.196. The molecule has 0 radical (unpaired) electrons. The third kappa shape index (κ3) is 3.87. The molecule has 106 valence electrons. The largest absolute Gasteiger partial charge is 0.459 e. The maximum atomic E-state index is 12.0. The molecule has 7 heteroatoms. The van der Waals surface area contributed by atoms with E-state index in [9.17, 15) is 8.42 Å². The molecule has 1 aromatic heterocycles. The maximum Gasteiger partial charge on any atom is 0.316 e. The molecule has 1 fully saturated rings. The summed E-state index contributed by atoms with van der Waals surface area (Å²) >= 11 is 0. The Morgan fingerprint density at radius 2 is 2.16 bits per heavy atom. The van der Waals surface area contributed by atoms with Crippen LogP contribution in [0.2, 0.25) is 0 Å². The third-order valence-electron chi connectivity index (χ3n) is 3.01. The molecule has 1 atom stereocenters. The van der Waals surface area contributed by atoms with E-state index in [2.05, 4.69) is 9.97 Å². The van der Waals surface area contributed by atoms with E-state index in [0.29, 0.717) is 25.5 Å². The van der Waals surface area contributed by atoms with Gasteiger partial charge in [0.1, 0.15) is 6.10 Å². The quantitative estimate of drug-likeness (QED) is 0.809. The van der Waals surface area contributed by atoms with Crippen molar-refractivity contribution in [3.8, 4) is 6.01 Å². The van der Waals surface area contributed by atoms with Crippen molar-refractivity contribution in [3.05, 3.63) is 18.5 Å². The highest BCUT2D eigenvalue weighted by Gasteiger charge is 2.29. The van der Waals surface area contributed by atoms with E-state index in [1.54, 1.807) is 18.5 Å². The molecule has 0 saturated carbocycles. The number of hydrogen-bond donors (Lipinski definition) is 0. The Morgan fingerprint density at radius 1 is 1.42 bits per heavy atom. The molecule has 2 rings (SSSR count). The summed E-state index contributed by atoms with van der Waals surface area (Å²) in [6.45, 7) is 2.84. The van der Waals surface area contributed by atoms with E-state index < -0.39 is 10.0 Å². The minimum Gasteiger partial charge on any atom is -0.459 e. The lowest BCUT2D eigenvalue weighted by molar-refractivity contribution is 0.119. The molecule has 1 saturated heterocycles. The summed E-state index contributed by atoms with van der Waals surface area (Å²) in [5, 5.41) is 0. The van der Waals surface area contributed by atoms with Gasteiger partial charge in [0.2, 0.25) is 10.0 Å². The lowest BCUT2D eigenvalue weighted by Crippen LogP contribution is -2.45. The normalized spacial score (nSPS) is 21.2. The van der Waals surface area contributed by atoms with Gasteiger partial charge in [0.15, 0.2) is 0 Å². The Bertz CT molecular complexity index is 492. The Balaban J connectivity index is 1.98. The highest BCUT2D eigenvalue weighted by Crippen LogP contribution is 2.18. The van der Waals surface area contributed by atoms with Gasteiger partial charge in [-0.05, 0) is 25.3 Å². The van der Waals surface area contributed by atoms with Gasteiger partial charge in [0.25, 0.3) is 0 Å². The fraction of sp³-hybridized carbons (Fsp3) is 0.667. The van der Waals surface area contributed by atoms with Gasteiger partial charge < -0.3 is 4.74 Å². The Kier molecular flexibility index (Phi) is 4.71. The van der Waals surface area contributed by atoms with E-state index in [-0.39, 0.29) is 11.9 Å². The second-order valence-corrected chi connectivity index (χ2v) is 6.68. The number of sulfonamides is 1. The molecule has 0 bridgehead atoms. The molecule has 0 aliphatic carbocycles. The molecule has 6 nitrogen and oxygen atoms in total. The SMILES string of the molecule is CCCS(=O)(=O)N1CCCC(Oc2ncccn2)C1. The second-order valence-electron chi connectivity index (χ2n) is 4.59. The number of hydrogen-bond acceptors (Lipinski definition) is 5. The van der Waals surface area contributed by atoms with Crippen molar-refractivity contribution in [2.75, 3.05) is 18.8 Å². The molecular formula is C12H19N3O3S. The predicted octanol–water partition coefficient (Wildman–Crippen LogP) is 1.06. The van der Waals surface area contributed by atoms with E-state index in [4.69, 9.17) is 4.74 Å². The van der Waals surface area contributed by atoms with Gasteiger partial charge in [-0.3, -0.25) is 0 Å². The Labute approximate surface area is 113 Å². The van der Waals surface area contributed by atoms with Crippen molar-refractivity contribution in [2.45, 2.75) is 32.3 Å². The molecule has 1 unspecified atom stereocenters. The minimum absolute atomic E-state index is 0.164. The van der Waals surface area contributed by atoms with Crippen LogP contribution in [0.1, 0.15) is 26.2 Å². The van der Waals surface area contributed by atoms with Crippen LogP contribution in [0.25, 0.3) is 0 Å². The molecule has 0 amide bonds. The van der Waals surface area contributed by atoms with E-state index >= 15 is 0 Å². The zero-order chi connectivity index (χ0) is 13.7. The Hall–Kier alpha value is -1.21. The number of aromatic nitrogens is 2. The highest BCUT2D eigenvalue weighted by molar-refractivity contribution is 7.89. The molecule has 1 aromatic rings. The lowest BCUT2D eigenvalue weighted by atomic mass is 10.1. The monoisotopic (exact) mass is 285 g/mol. The van der Waals surface area contributed by atoms with Crippen LogP contribution in [-0.4, -0.2) is 47.6 Å². The molecule has 0 aromatic carbocycles. The van der Waals surface area contributed by atoms with Crippen LogP contribution < -0.4 is 4.74 Å². The first-order valence-corrected chi connectivity index (χ1v) is 8.14. The van der Waals surface area contributed by atoms with Gasteiger partial charge >= 0.3 is 6.01 Å². The van der Waals surface area contributed by atoms with Crippen molar-refractivity contribution < 1.29 is 13.2 Å². The number of piperidine rings is 1. The maximum absolute atomic E-state index is 12.0. The predicted molar refractivity (Wildman–Crippen MR) is 71.3 cm³/mol. The summed E-state index contributed by atoms with van der Waals surface area (Å²) < 4.78 is 31.2. The van der Waals surface area contributed by atoms with Crippen LogP contribution in [0.15, 0.2) is 18.5 Å². The van der Waals surface area contributed by atoms with Gasteiger partial charge in [-0.1, -0.05) is 6.92 Å². The lowest BCUT2D eigenvalue weighted by Gasteiger charge is -2.31. The van der Waals surface area contributed by atoms with Crippen molar-refractivity contribution in [2.24, 2.45) is 0 Å². The zero-order valence-corrected chi connectivity index (χ0v) is 11.8. The van der Waals surface area contributed by atoms with Crippen molar-refractivity contribution in [1.29, 1.82) is 0 Å². The first-order valence-electron chi connectivity index (χ1n) is 6.53. The molecule has 1 aliphatic heterocycles. The van der Waals surface area contributed by atoms with Crippen LogP contribution in [-0.2, 0) is 10.0 Å². The van der Waals surface area contributed by atoms with E-state index in [0.717, 1.165) is 12.8 Å². The van der Waals surface area contributed by atoms with E-state index in [1.807, 2.05) is 6.92 Å². The van der Waals surface area contributed by atoms with Gasteiger partial charge in [-0.15, -0.1) is 0 Å². The van der Waals surface area contributed by atoms with Crippen LogP contribution in [0, 0.1) is 0 Å². The molecule has 19 heavy (non-hydrogen) atoms. The summed E-state index contributed by atoms with van der Waals surface area (Å²) in [4.78, 5) is 7.99. The number of nitrogens with zero attached hydrogens (tertiary/aromatic N) is 3. The van der Waals surface area contributed by atoms with Gasteiger partial charge in [-0.2, -0.15) is 4.31 Å².